The van der Waals surface area contributed by atoms with E-state index >= 15 is 0 Å². The van der Waals surface area contributed by atoms with Gasteiger partial charge in [-0.25, -0.2) is 0 Å². The number of morpholine rings is 1. The summed E-state index contributed by atoms with van der Waals surface area (Å²) < 4.78 is 5.67. The minimum absolute atomic E-state index is 0.0689. The molecule has 164 valence electrons. The van der Waals surface area contributed by atoms with Gasteiger partial charge in [-0.15, -0.1) is 0 Å². The summed E-state index contributed by atoms with van der Waals surface area (Å²) in [7, 11) is 0. The topological polar surface area (TPSA) is 90.6 Å². The predicted octanol–water partition coefficient (Wildman–Crippen LogP) is 1.37. The van der Waals surface area contributed by atoms with Crippen LogP contribution in [0.3, 0.4) is 0 Å². The fraction of sp³-hybridized carbons (Fsp3) is 0.773. The van der Waals surface area contributed by atoms with Gasteiger partial charge in [0.05, 0.1) is 6.10 Å². The van der Waals surface area contributed by atoms with Gasteiger partial charge in [0, 0.05) is 37.8 Å². The zero-order valence-corrected chi connectivity index (χ0v) is 17.6. The number of nitrogens with one attached hydrogen (secondary N) is 2. The zero-order chi connectivity index (χ0) is 20.5. The molecule has 1 aromatic heterocycles. The minimum Gasteiger partial charge on any atom is -0.365 e. The van der Waals surface area contributed by atoms with Gasteiger partial charge in [-0.1, -0.05) is 0 Å². The summed E-state index contributed by atoms with van der Waals surface area (Å²) in [6.45, 7) is 5.45. The third-order valence-corrected chi connectivity index (χ3v) is 6.96. The van der Waals surface area contributed by atoms with Gasteiger partial charge < -0.3 is 19.9 Å². The molecule has 0 bridgehead atoms. The maximum absolute atomic E-state index is 12.4. The van der Waals surface area contributed by atoms with Crippen molar-refractivity contribution in [3.63, 3.8) is 0 Å². The quantitative estimate of drug-likeness (QED) is 0.669. The first-order valence-electron chi connectivity index (χ1n) is 11.6. The van der Waals surface area contributed by atoms with Crippen LogP contribution < -0.4 is 5.32 Å². The maximum atomic E-state index is 12.4. The van der Waals surface area contributed by atoms with E-state index in [2.05, 4.69) is 20.4 Å². The second kappa shape index (κ2) is 8.67. The fourth-order valence-corrected chi connectivity index (χ4v) is 4.66. The number of carbonyl (C=O) groups is 2. The van der Waals surface area contributed by atoms with E-state index in [0.29, 0.717) is 30.6 Å². The Kier molecular flexibility index (Phi) is 5.78. The summed E-state index contributed by atoms with van der Waals surface area (Å²) in [4.78, 5) is 29.3. The number of amides is 2. The summed E-state index contributed by atoms with van der Waals surface area (Å²) in [6, 6.07) is 1.85. The van der Waals surface area contributed by atoms with E-state index < -0.39 is 0 Å². The van der Waals surface area contributed by atoms with Crippen LogP contribution in [0.5, 0.6) is 0 Å². The van der Waals surface area contributed by atoms with Gasteiger partial charge in [0.15, 0.2) is 0 Å². The van der Waals surface area contributed by atoms with Crippen molar-refractivity contribution in [2.75, 3.05) is 45.9 Å². The monoisotopic (exact) mass is 415 g/mol. The molecular formula is C22H33N5O3. The highest BCUT2D eigenvalue weighted by molar-refractivity contribution is 5.92. The number of nitrogens with zero attached hydrogens (tertiary/aromatic N) is 3. The molecule has 2 aliphatic carbocycles. The average Bonchev–Trinajstić information content (AvgIpc) is 3.70. The Labute approximate surface area is 177 Å². The molecule has 4 fully saturated rings. The molecular weight excluding hydrogens is 382 g/mol. The molecule has 1 atom stereocenters. The second-order valence-electron chi connectivity index (χ2n) is 9.61. The fourth-order valence-electron chi connectivity index (χ4n) is 4.66. The molecule has 0 unspecified atom stereocenters. The van der Waals surface area contributed by atoms with Crippen LogP contribution in [0.15, 0.2) is 6.07 Å². The van der Waals surface area contributed by atoms with Crippen molar-refractivity contribution in [1.82, 2.24) is 25.3 Å². The number of aromatic amines is 1. The SMILES string of the molecule is O=C(NC[C@@H]1CN(CC2CCN(CC3CC3)CC2)C(=O)CO1)c1cc(C2CC2)[nH]n1. The summed E-state index contributed by atoms with van der Waals surface area (Å²) in [5, 5.41) is 10.0. The molecule has 8 nitrogen and oxygen atoms in total. The van der Waals surface area contributed by atoms with E-state index in [1.165, 1.54) is 45.1 Å². The Bertz CT molecular complexity index is 765. The van der Waals surface area contributed by atoms with E-state index in [9.17, 15) is 9.59 Å². The van der Waals surface area contributed by atoms with E-state index in [-0.39, 0.29) is 24.5 Å². The number of hydrogen-bond acceptors (Lipinski definition) is 5. The minimum atomic E-state index is -0.187. The Balaban J connectivity index is 1.06. The molecule has 2 N–H and O–H groups in total. The highest BCUT2D eigenvalue weighted by atomic mass is 16.5. The number of rotatable bonds is 8. The highest BCUT2D eigenvalue weighted by Crippen LogP contribution is 2.39. The molecule has 3 heterocycles. The molecule has 2 aliphatic heterocycles. The lowest BCUT2D eigenvalue weighted by Gasteiger charge is -2.38. The van der Waals surface area contributed by atoms with Crippen molar-refractivity contribution < 1.29 is 14.3 Å². The standard InChI is InChI=1S/C22H33N5O3/c28-21-14-30-18(10-23-22(29)20-9-19(24-25-20)17-3-4-17)13-27(21)12-16-5-7-26(8-6-16)11-15-1-2-15/h9,15-18H,1-8,10-14H2,(H,23,29)(H,24,25)/t18-/m1/s1. The maximum Gasteiger partial charge on any atom is 0.271 e. The molecule has 1 aromatic rings. The summed E-state index contributed by atoms with van der Waals surface area (Å²) in [5.74, 6) is 1.94. The molecule has 2 saturated carbocycles. The van der Waals surface area contributed by atoms with E-state index in [0.717, 1.165) is 31.2 Å². The Morgan fingerprint density at radius 2 is 1.90 bits per heavy atom. The van der Waals surface area contributed by atoms with Crippen molar-refractivity contribution >= 4 is 11.8 Å². The Morgan fingerprint density at radius 3 is 2.63 bits per heavy atom. The van der Waals surface area contributed by atoms with Crippen LogP contribution in [-0.4, -0.2) is 83.8 Å². The van der Waals surface area contributed by atoms with Gasteiger partial charge in [-0.2, -0.15) is 5.10 Å². The number of piperidine rings is 1. The summed E-state index contributed by atoms with van der Waals surface area (Å²) in [5.41, 5.74) is 1.48. The molecule has 0 aromatic carbocycles. The van der Waals surface area contributed by atoms with Crippen LogP contribution >= 0.6 is 0 Å². The lowest BCUT2D eigenvalue weighted by molar-refractivity contribution is -0.149. The van der Waals surface area contributed by atoms with Crippen molar-refractivity contribution in [3.05, 3.63) is 17.5 Å². The van der Waals surface area contributed by atoms with Gasteiger partial charge in [0.1, 0.15) is 12.3 Å². The van der Waals surface area contributed by atoms with Crippen molar-refractivity contribution in [2.45, 2.75) is 50.5 Å². The number of aromatic nitrogens is 2. The van der Waals surface area contributed by atoms with Crippen molar-refractivity contribution in [3.8, 4) is 0 Å². The third-order valence-electron chi connectivity index (χ3n) is 6.96. The van der Waals surface area contributed by atoms with E-state index in [1.54, 1.807) is 0 Å². The predicted molar refractivity (Wildman–Crippen MR) is 111 cm³/mol. The van der Waals surface area contributed by atoms with Gasteiger partial charge in [0.25, 0.3) is 5.91 Å². The Morgan fingerprint density at radius 1 is 1.13 bits per heavy atom. The molecule has 0 spiro atoms. The molecule has 8 heteroatoms. The van der Waals surface area contributed by atoms with Gasteiger partial charge in [-0.05, 0) is 69.5 Å². The van der Waals surface area contributed by atoms with E-state index in [1.807, 2.05) is 11.0 Å². The first kappa shape index (κ1) is 20.0. The number of likely N-dealkylation sites (tertiary alicyclic amines) is 1. The smallest absolute Gasteiger partial charge is 0.271 e. The molecule has 30 heavy (non-hydrogen) atoms. The molecule has 4 aliphatic rings. The van der Waals surface area contributed by atoms with Crippen LogP contribution in [0.2, 0.25) is 0 Å². The van der Waals surface area contributed by atoms with Gasteiger partial charge >= 0.3 is 0 Å². The first-order chi connectivity index (χ1) is 14.6. The molecule has 5 rings (SSSR count). The van der Waals surface area contributed by atoms with Crippen LogP contribution in [0.25, 0.3) is 0 Å². The van der Waals surface area contributed by atoms with E-state index in [4.69, 9.17) is 4.74 Å². The normalized spacial score (nSPS) is 26.2. The van der Waals surface area contributed by atoms with Gasteiger partial charge in [-0.3, -0.25) is 14.7 Å². The number of H-pyrrole nitrogens is 1. The number of carbonyl (C=O) groups excluding carboxylic acids is 2. The zero-order valence-electron chi connectivity index (χ0n) is 17.6. The molecule has 0 radical (unpaired) electrons. The highest BCUT2D eigenvalue weighted by Gasteiger charge is 2.32. The number of ether oxygens (including phenoxy) is 1. The first-order valence-corrected chi connectivity index (χ1v) is 11.6. The van der Waals surface area contributed by atoms with Crippen LogP contribution in [0.1, 0.15) is 60.6 Å². The van der Waals surface area contributed by atoms with Crippen molar-refractivity contribution in [2.24, 2.45) is 11.8 Å². The Hall–Kier alpha value is -1.93. The summed E-state index contributed by atoms with van der Waals surface area (Å²) >= 11 is 0. The number of hydrogen-bond donors (Lipinski definition) is 2. The average molecular weight is 416 g/mol. The van der Waals surface area contributed by atoms with Crippen molar-refractivity contribution in [1.29, 1.82) is 0 Å². The van der Waals surface area contributed by atoms with Crippen LogP contribution in [0.4, 0.5) is 0 Å². The molecule has 2 saturated heterocycles. The summed E-state index contributed by atoms with van der Waals surface area (Å²) in [6.07, 6.45) is 7.32. The lowest BCUT2D eigenvalue weighted by Crippen LogP contribution is -2.52. The van der Waals surface area contributed by atoms with Crippen LogP contribution in [-0.2, 0) is 9.53 Å². The second-order valence-corrected chi connectivity index (χ2v) is 9.61. The van der Waals surface area contributed by atoms with Gasteiger partial charge in [0.2, 0.25) is 5.91 Å². The largest absolute Gasteiger partial charge is 0.365 e. The lowest BCUT2D eigenvalue weighted by atomic mass is 9.95. The van der Waals surface area contributed by atoms with Crippen LogP contribution in [0, 0.1) is 11.8 Å². The third kappa shape index (κ3) is 5.03. The molecule has 2 amide bonds.